The minimum Gasteiger partial charge on any atom is -0.296 e. The van der Waals surface area contributed by atoms with Crippen LogP contribution in [0.3, 0.4) is 0 Å². The molecule has 0 saturated heterocycles. The molecule has 8 aromatic rings. The van der Waals surface area contributed by atoms with Crippen LogP contribution < -0.4 is 54.6 Å². The van der Waals surface area contributed by atoms with Gasteiger partial charge in [0.05, 0.1) is 16.7 Å². The first-order chi connectivity index (χ1) is 25.5. The van der Waals surface area contributed by atoms with Crippen molar-refractivity contribution in [2.45, 2.75) is 13.3 Å². The maximum absolute atomic E-state index is 6.81. The predicted octanol–water partition coefficient (Wildman–Crippen LogP) is -1.17. The quantitative estimate of drug-likeness (QED) is 0.170. The molecule has 0 spiro atoms. The van der Waals surface area contributed by atoms with Crippen molar-refractivity contribution in [3.63, 3.8) is 0 Å². The Morgan fingerprint density at radius 2 is 0.943 bits per heavy atom. The molecule has 0 aliphatic carbocycles. The van der Waals surface area contributed by atoms with Crippen LogP contribution in [0.2, 0.25) is 0 Å². The highest BCUT2D eigenvalue weighted by molar-refractivity contribution is 6.70. The largest absolute Gasteiger partial charge is 0.296 e. The van der Waals surface area contributed by atoms with Gasteiger partial charge in [0.1, 0.15) is 84.3 Å². The van der Waals surface area contributed by atoms with Crippen LogP contribution in [0.15, 0.2) is 91.0 Å². The average molecular weight is 649 g/mol. The molecule has 224 valence electrons. The third kappa shape index (κ3) is 5.27. The summed E-state index contributed by atoms with van der Waals surface area (Å²) in [5, 5.41) is 3.41. The summed E-state index contributed by atoms with van der Waals surface area (Å²) in [6.45, 7) is 2.11. The Kier molecular flexibility index (Phi) is 8.80. The van der Waals surface area contributed by atoms with Gasteiger partial charge in [-0.05, 0) is 73.6 Å². The predicted molar refractivity (Wildman–Crippen MR) is 236 cm³/mol. The molecule has 12 heteroatoms. The molecule has 0 unspecified atom stereocenters. The molecule has 0 N–H and O–H groups in total. The molecule has 0 amide bonds. The normalized spacial score (nSPS) is 11.6. The molecule has 53 heavy (non-hydrogen) atoms. The second kappa shape index (κ2) is 13.2. The van der Waals surface area contributed by atoms with E-state index in [2.05, 4.69) is 35.8 Å². The standard InChI is InChI=1S/C41H20B10N2/c1-2-27-52-24-12-6-8-14-26(24)53(27)25-13-7-5-11-22(25)29-19-9-3-4-10-20(19)30(31-34(44)38(48)41(51)39(49)35(31)45)23-17-18(15-16-21(23)29)28-32(42)36(46)40(50)37(47)33(28)43/h3-17H,2H2,1H3. The van der Waals surface area contributed by atoms with Gasteiger partial charge in [-0.1, -0.05) is 95.5 Å². The van der Waals surface area contributed by atoms with E-state index >= 15 is 0 Å². The van der Waals surface area contributed by atoms with Gasteiger partial charge in [0.25, 0.3) is 0 Å². The summed E-state index contributed by atoms with van der Waals surface area (Å²) in [6, 6.07) is 30.5. The fraction of sp³-hybridized carbons (Fsp3) is 0.0488. The molecule has 2 nitrogen and oxygen atoms in total. The molecule has 1 heterocycles. The van der Waals surface area contributed by atoms with Crippen LogP contribution in [0, 0.1) is 0 Å². The highest BCUT2D eigenvalue weighted by atomic mass is 15.1. The lowest BCUT2D eigenvalue weighted by Crippen LogP contribution is -2.55. The van der Waals surface area contributed by atoms with Gasteiger partial charge in [-0.3, -0.25) is 4.57 Å². The van der Waals surface area contributed by atoms with E-state index in [0.717, 1.165) is 61.6 Å². The number of fused-ring (bicyclic) bond motifs is 3. The van der Waals surface area contributed by atoms with Gasteiger partial charge in [-0.25, -0.2) is 4.98 Å². The van der Waals surface area contributed by atoms with Gasteiger partial charge in [0.15, 0.2) is 0 Å². The molecular formula is C41H20B10N2. The highest BCUT2D eigenvalue weighted by Crippen LogP contribution is 2.45. The molecule has 20 radical (unpaired) electrons. The van der Waals surface area contributed by atoms with Crippen molar-refractivity contribution in [3.8, 4) is 39.1 Å². The van der Waals surface area contributed by atoms with Crippen molar-refractivity contribution in [2.75, 3.05) is 0 Å². The SMILES string of the molecule is [B]c1c([B])c([B])c(-c2ccc3c(-c4ccccc4-n4c(CC)nc5ccccc54)c4ccccc4c(-c4c([B])c([B])c([B])c([B])c4[B])c3c2)c([B])c1[B]. The fourth-order valence-corrected chi connectivity index (χ4v) is 7.63. The number of nitrogens with zero attached hydrogens (tertiary/aromatic N) is 2. The van der Waals surface area contributed by atoms with E-state index in [1.807, 2.05) is 66.7 Å². The molecule has 0 fully saturated rings. The Labute approximate surface area is 323 Å². The van der Waals surface area contributed by atoms with Crippen LogP contribution in [-0.4, -0.2) is 88.0 Å². The number of rotatable bonds is 5. The maximum Gasteiger partial charge on any atom is 0.114 e. The van der Waals surface area contributed by atoms with Gasteiger partial charge in [0, 0.05) is 12.0 Å². The van der Waals surface area contributed by atoms with Crippen molar-refractivity contribution in [2.24, 2.45) is 0 Å². The first-order valence-electron chi connectivity index (χ1n) is 17.0. The second-order valence-electron chi connectivity index (χ2n) is 13.2. The summed E-state index contributed by atoms with van der Waals surface area (Å²) in [5.41, 5.74) is 8.72. The second-order valence-corrected chi connectivity index (χ2v) is 13.2. The lowest BCUT2D eigenvalue weighted by molar-refractivity contribution is 0.909. The number of imidazole rings is 1. The number of para-hydroxylation sites is 3. The van der Waals surface area contributed by atoms with E-state index < -0.39 is 0 Å². The molecule has 0 atom stereocenters. The molecule has 1 aromatic heterocycles. The molecule has 7 aromatic carbocycles. The van der Waals surface area contributed by atoms with Crippen LogP contribution in [-0.2, 0) is 6.42 Å². The average Bonchev–Trinajstić information content (AvgIpc) is 3.56. The lowest BCUT2D eigenvalue weighted by Gasteiger charge is -2.26. The van der Waals surface area contributed by atoms with E-state index in [1.54, 1.807) is 0 Å². The smallest absolute Gasteiger partial charge is 0.114 e. The Balaban J connectivity index is 1.58. The first-order valence-corrected chi connectivity index (χ1v) is 17.0. The van der Waals surface area contributed by atoms with Gasteiger partial charge < -0.3 is 0 Å². The Morgan fingerprint density at radius 3 is 1.57 bits per heavy atom. The van der Waals surface area contributed by atoms with Gasteiger partial charge in [-0.2, -0.15) is 0 Å². The minimum atomic E-state index is 0.122. The van der Waals surface area contributed by atoms with E-state index in [-0.39, 0.29) is 54.6 Å². The van der Waals surface area contributed by atoms with Crippen molar-refractivity contribution in [3.05, 3.63) is 96.8 Å². The van der Waals surface area contributed by atoms with Crippen molar-refractivity contribution < 1.29 is 0 Å². The van der Waals surface area contributed by atoms with E-state index in [9.17, 15) is 0 Å². The molecule has 8 rings (SSSR count). The van der Waals surface area contributed by atoms with Crippen molar-refractivity contribution in [1.29, 1.82) is 0 Å². The number of hydrogen-bond acceptors (Lipinski definition) is 1. The lowest BCUT2D eigenvalue weighted by atomic mass is 9.59. The number of aryl methyl sites for hydroxylation is 1. The molecule has 0 saturated carbocycles. The summed E-state index contributed by atoms with van der Waals surface area (Å²) in [5.74, 6) is 0.934. The number of aromatic nitrogens is 2. The summed E-state index contributed by atoms with van der Waals surface area (Å²) in [6.07, 6.45) is 0.724. The summed E-state index contributed by atoms with van der Waals surface area (Å²) in [7, 11) is 64.9. The van der Waals surface area contributed by atoms with Gasteiger partial charge in [-0.15, -0.1) is 32.8 Å². The summed E-state index contributed by atoms with van der Waals surface area (Å²) < 4.78 is 2.23. The third-order valence-electron chi connectivity index (χ3n) is 10.3. The van der Waals surface area contributed by atoms with Crippen LogP contribution in [0.4, 0.5) is 0 Å². The Hall–Kier alpha value is -4.82. The molecule has 0 bridgehead atoms. The molecule has 0 aliphatic heterocycles. The zero-order valence-corrected chi connectivity index (χ0v) is 29.0. The number of hydrogen-bond donors (Lipinski definition) is 0. The van der Waals surface area contributed by atoms with Crippen LogP contribution in [0.25, 0.3) is 71.6 Å². The van der Waals surface area contributed by atoms with Crippen molar-refractivity contribution >= 4 is 166 Å². The third-order valence-corrected chi connectivity index (χ3v) is 10.3. The van der Waals surface area contributed by atoms with E-state index in [1.165, 1.54) is 0 Å². The zero-order chi connectivity index (χ0) is 37.5. The van der Waals surface area contributed by atoms with Crippen LogP contribution >= 0.6 is 0 Å². The van der Waals surface area contributed by atoms with Gasteiger partial charge in [0.2, 0.25) is 0 Å². The van der Waals surface area contributed by atoms with Crippen LogP contribution in [0.5, 0.6) is 0 Å². The molecule has 0 aliphatic rings. The monoisotopic (exact) mass is 650 g/mol. The van der Waals surface area contributed by atoms with Crippen LogP contribution in [0.1, 0.15) is 12.7 Å². The number of benzene rings is 7. The zero-order valence-electron chi connectivity index (χ0n) is 29.0. The Morgan fingerprint density at radius 1 is 0.453 bits per heavy atom. The molecular weight excluding hydrogens is 629 g/mol. The topological polar surface area (TPSA) is 17.8 Å². The van der Waals surface area contributed by atoms with Gasteiger partial charge >= 0.3 is 0 Å². The van der Waals surface area contributed by atoms with E-state index in [4.69, 9.17) is 83.4 Å². The first kappa shape index (κ1) is 35.2. The fourth-order valence-electron chi connectivity index (χ4n) is 7.63. The van der Waals surface area contributed by atoms with Crippen molar-refractivity contribution in [1.82, 2.24) is 9.55 Å². The highest BCUT2D eigenvalue weighted by Gasteiger charge is 2.24. The maximum atomic E-state index is 6.81. The minimum absolute atomic E-state index is 0.122. The van der Waals surface area contributed by atoms with E-state index in [0.29, 0.717) is 22.3 Å². The Bertz CT molecular complexity index is 2780. The summed E-state index contributed by atoms with van der Waals surface area (Å²) >= 11 is 0. The summed E-state index contributed by atoms with van der Waals surface area (Å²) in [4.78, 5) is 4.99.